The molecule has 3 aromatic carbocycles. The number of anilines is 4. The first kappa shape index (κ1) is 26.3. The number of aryl methyl sites for hydroxylation is 2. The van der Waals surface area contributed by atoms with E-state index < -0.39 is 5.82 Å². The van der Waals surface area contributed by atoms with Crippen LogP contribution in [0, 0.1) is 19.7 Å². The smallest absolute Gasteiger partial charge is 0.227 e. The topological polar surface area (TPSA) is 71.3 Å². The summed E-state index contributed by atoms with van der Waals surface area (Å²) in [6, 6.07) is 21.0. The van der Waals surface area contributed by atoms with Gasteiger partial charge in [0.2, 0.25) is 5.95 Å². The van der Waals surface area contributed by atoms with Gasteiger partial charge < -0.3 is 24.4 Å². The van der Waals surface area contributed by atoms with Gasteiger partial charge in [-0.3, -0.25) is 0 Å². The van der Waals surface area contributed by atoms with E-state index in [9.17, 15) is 0 Å². The molecule has 0 amide bonds. The van der Waals surface area contributed by atoms with Crippen LogP contribution < -0.4 is 19.9 Å². The van der Waals surface area contributed by atoms with E-state index in [1.165, 1.54) is 11.9 Å². The highest BCUT2D eigenvalue weighted by Gasteiger charge is 2.33. The van der Waals surface area contributed by atoms with E-state index in [-0.39, 0.29) is 17.8 Å². The summed E-state index contributed by atoms with van der Waals surface area (Å²) >= 11 is 0. The van der Waals surface area contributed by atoms with Crippen LogP contribution in [0.25, 0.3) is 22.3 Å². The van der Waals surface area contributed by atoms with Gasteiger partial charge in [-0.25, -0.2) is 19.3 Å². The maximum absolute atomic E-state index is 15.1. The zero-order valence-corrected chi connectivity index (χ0v) is 24.3. The minimum Gasteiger partial charge on any atom is -0.489 e. The molecule has 1 unspecified atom stereocenters. The van der Waals surface area contributed by atoms with Crippen LogP contribution in [0.5, 0.6) is 5.75 Å². The molecule has 0 bridgehead atoms. The summed E-state index contributed by atoms with van der Waals surface area (Å²) < 4.78 is 23.5. The van der Waals surface area contributed by atoms with Gasteiger partial charge >= 0.3 is 0 Å². The predicted octanol–water partition coefficient (Wildman–Crippen LogP) is 6.66. The number of para-hydroxylation sites is 1. The predicted molar refractivity (Wildman–Crippen MR) is 166 cm³/mol. The second-order valence-electron chi connectivity index (χ2n) is 11.4. The van der Waals surface area contributed by atoms with E-state index in [4.69, 9.17) is 9.72 Å². The van der Waals surface area contributed by atoms with Gasteiger partial charge in [0.1, 0.15) is 23.9 Å². The Morgan fingerprint density at radius 2 is 1.83 bits per heavy atom. The summed E-state index contributed by atoms with van der Waals surface area (Å²) in [6.07, 6.45) is 1.22. The Morgan fingerprint density at radius 1 is 1.00 bits per heavy atom. The summed E-state index contributed by atoms with van der Waals surface area (Å²) in [7, 11) is 0. The van der Waals surface area contributed by atoms with Gasteiger partial charge in [-0.2, -0.15) is 0 Å². The van der Waals surface area contributed by atoms with Crippen LogP contribution in [0.15, 0.2) is 66.9 Å². The second kappa shape index (κ2) is 10.3. The third-order valence-corrected chi connectivity index (χ3v) is 8.26. The Hall–Kier alpha value is -4.66. The van der Waals surface area contributed by atoms with Crippen molar-refractivity contribution >= 4 is 34.0 Å². The molecular formula is C33H34FN7O. The molecule has 2 aliphatic heterocycles. The highest BCUT2D eigenvalue weighted by molar-refractivity contribution is 5.85. The molecule has 5 aromatic rings. The van der Waals surface area contributed by atoms with Gasteiger partial charge in [0.15, 0.2) is 5.82 Å². The molecule has 42 heavy (non-hydrogen) atoms. The van der Waals surface area contributed by atoms with Gasteiger partial charge in [-0.05, 0) is 69.7 Å². The number of nitrogens with zero attached hydrogens (tertiary/aromatic N) is 6. The Kier molecular flexibility index (Phi) is 6.45. The van der Waals surface area contributed by atoms with E-state index in [0.717, 1.165) is 59.2 Å². The number of imidazole rings is 1. The molecule has 4 heterocycles. The summed E-state index contributed by atoms with van der Waals surface area (Å²) in [6.45, 7) is 11.7. The lowest BCUT2D eigenvalue weighted by molar-refractivity contribution is 0.255. The summed E-state index contributed by atoms with van der Waals surface area (Å²) in [5.74, 6) is 1.61. The van der Waals surface area contributed by atoms with Gasteiger partial charge in [0.05, 0.1) is 29.0 Å². The number of hydrogen-bond donors (Lipinski definition) is 1. The fourth-order valence-electron chi connectivity index (χ4n) is 6.35. The molecule has 8 nitrogen and oxygen atoms in total. The molecule has 1 saturated heterocycles. The standard InChI is InChI=1S/C33H34FN7O/c1-20(2)41-22(4)36-31-21(3)14-23(15-29(31)41)32-27(34)17-35-33(38-32)37-24-10-11-28-30(16-24)42-19-26-18-39(12-13-40(26)28)25-8-6-5-7-9-25/h5-11,14-17,20,26H,12-13,18-19H2,1-4H3,(H,35,37,38). The normalized spacial score (nSPS) is 16.4. The monoisotopic (exact) mass is 563 g/mol. The molecule has 2 aromatic heterocycles. The Balaban J connectivity index is 1.13. The van der Waals surface area contributed by atoms with Crippen LogP contribution in [0.3, 0.4) is 0 Å². The van der Waals surface area contributed by atoms with Crippen molar-refractivity contribution in [1.29, 1.82) is 0 Å². The molecule has 214 valence electrons. The van der Waals surface area contributed by atoms with E-state index in [1.807, 2.05) is 44.2 Å². The zero-order valence-electron chi connectivity index (χ0n) is 24.3. The van der Waals surface area contributed by atoms with Crippen molar-refractivity contribution in [3.63, 3.8) is 0 Å². The lowest BCUT2D eigenvalue weighted by Gasteiger charge is -2.46. The molecule has 1 fully saturated rings. The number of benzene rings is 3. The van der Waals surface area contributed by atoms with Gasteiger partial charge in [-0.15, -0.1) is 0 Å². The molecular weight excluding hydrogens is 529 g/mol. The molecule has 7 rings (SSSR count). The van der Waals surface area contributed by atoms with Crippen molar-refractivity contribution in [3.8, 4) is 17.0 Å². The number of ether oxygens (including phenoxy) is 1. The number of fused-ring (bicyclic) bond motifs is 4. The Labute approximate surface area is 244 Å². The molecule has 1 atom stereocenters. The van der Waals surface area contributed by atoms with E-state index in [2.05, 4.69) is 73.8 Å². The van der Waals surface area contributed by atoms with E-state index in [1.54, 1.807) is 0 Å². The van der Waals surface area contributed by atoms with Crippen molar-refractivity contribution in [1.82, 2.24) is 19.5 Å². The fraction of sp³-hybridized carbons (Fsp3) is 0.303. The molecule has 9 heteroatoms. The van der Waals surface area contributed by atoms with Gasteiger partial charge in [-0.1, -0.05) is 18.2 Å². The molecule has 1 N–H and O–H groups in total. The third-order valence-electron chi connectivity index (χ3n) is 8.26. The number of aromatic nitrogens is 4. The number of hydrogen-bond acceptors (Lipinski definition) is 7. The summed E-state index contributed by atoms with van der Waals surface area (Å²) in [4.78, 5) is 18.4. The lowest BCUT2D eigenvalue weighted by atomic mass is 10.1. The first-order valence-electron chi connectivity index (χ1n) is 14.5. The van der Waals surface area contributed by atoms with Crippen LogP contribution in [0.4, 0.5) is 27.4 Å². The minimum atomic E-state index is -0.471. The quantitative estimate of drug-likeness (QED) is 0.256. The summed E-state index contributed by atoms with van der Waals surface area (Å²) in [5.41, 5.74) is 6.94. The first-order chi connectivity index (χ1) is 20.4. The van der Waals surface area contributed by atoms with Crippen LogP contribution in [-0.2, 0) is 0 Å². The number of piperazine rings is 1. The lowest BCUT2D eigenvalue weighted by Crippen LogP contribution is -2.57. The number of halogens is 1. The molecule has 0 spiro atoms. The SMILES string of the molecule is Cc1cc(-c2nc(Nc3ccc4c(c3)OCC3CN(c5ccccc5)CCN43)ncc2F)cc2c1nc(C)n2C(C)C. The molecule has 0 aliphatic carbocycles. The van der Waals surface area contributed by atoms with Crippen molar-refractivity contribution < 1.29 is 9.13 Å². The van der Waals surface area contributed by atoms with Gasteiger partial charge in [0, 0.05) is 48.7 Å². The maximum Gasteiger partial charge on any atom is 0.227 e. The molecule has 0 radical (unpaired) electrons. The van der Waals surface area contributed by atoms with Crippen LogP contribution in [0.2, 0.25) is 0 Å². The van der Waals surface area contributed by atoms with Gasteiger partial charge in [0.25, 0.3) is 0 Å². The van der Waals surface area contributed by atoms with Crippen molar-refractivity contribution in [2.45, 2.75) is 39.8 Å². The van der Waals surface area contributed by atoms with E-state index >= 15 is 4.39 Å². The average molecular weight is 564 g/mol. The van der Waals surface area contributed by atoms with Crippen molar-refractivity contribution in [2.24, 2.45) is 0 Å². The Morgan fingerprint density at radius 3 is 2.64 bits per heavy atom. The number of nitrogens with one attached hydrogen (secondary N) is 1. The van der Waals surface area contributed by atoms with Crippen LogP contribution >= 0.6 is 0 Å². The van der Waals surface area contributed by atoms with Crippen molar-refractivity contribution in [2.75, 3.05) is 41.4 Å². The number of rotatable bonds is 5. The highest BCUT2D eigenvalue weighted by Crippen LogP contribution is 2.38. The third kappa shape index (κ3) is 4.58. The average Bonchev–Trinajstić information content (AvgIpc) is 3.34. The maximum atomic E-state index is 15.1. The zero-order chi connectivity index (χ0) is 29.0. The fourth-order valence-corrected chi connectivity index (χ4v) is 6.35. The second-order valence-corrected chi connectivity index (χ2v) is 11.4. The van der Waals surface area contributed by atoms with Crippen LogP contribution in [0.1, 0.15) is 31.3 Å². The first-order valence-corrected chi connectivity index (χ1v) is 14.5. The van der Waals surface area contributed by atoms with Crippen molar-refractivity contribution in [3.05, 3.63) is 84.1 Å². The van der Waals surface area contributed by atoms with Crippen LogP contribution in [-0.4, -0.2) is 51.8 Å². The minimum absolute atomic E-state index is 0.228. The highest BCUT2D eigenvalue weighted by atomic mass is 19.1. The Bertz CT molecular complexity index is 1790. The molecule has 0 saturated carbocycles. The van der Waals surface area contributed by atoms with E-state index in [0.29, 0.717) is 18.1 Å². The largest absolute Gasteiger partial charge is 0.489 e. The molecule has 2 aliphatic rings. The summed E-state index contributed by atoms with van der Waals surface area (Å²) in [5, 5.41) is 3.26.